The minimum Gasteiger partial charge on any atom is -0.444 e. The number of amides is 1. The van der Waals surface area contributed by atoms with Crippen LogP contribution >= 0.6 is 0 Å². The van der Waals surface area contributed by atoms with Crippen LogP contribution in [0, 0.1) is 0 Å². The molecule has 0 fully saturated rings. The zero-order valence-electron chi connectivity index (χ0n) is 13.6. The number of rotatable bonds is 4. The van der Waals surface area contributed by atoms with Gasteiger partial charge in [-0.2, -0.15) is 0 Å². The van der Waals surface area contributed by atoms with Gasteiger partial charge in [-0.05, 0) is 44.9 Å². The molecule has 0 radical (unpaired) electrons. The molecule has 22 heavy (non-hydrogen) atoms. The second kappa shape index (κ2) is 6.36. The molecule has 2 aromatic rings. The predicted molar refractivity (Wildman–Crippen MR) is 86.6 cm³/mol. The number of benzene rings is 1. The molecular formula is C16H24N4O2. The van der Waals surface area contributed by atoms with E-state index < -0.39 is 11.7 Å². The van der Waals surface area contributed by atoms with Crippen molar-refractivity contribution >= 4 is 17.1 Å². The molecule has 120 valence electrons. The lowest BCUT2D eigenvalue weighted by Crippen LogP contribution is -2.44. The highest BCUT2D eigenvalue weighted by atomic mass is 16.6. The lowest BCUT2D eigenvalue weighted by molar-refractivity contribution is 0.0506. The highest BCUT2D eigenvalue weighted by molar-refractivity contribution is 5.76. The first kappa shape index (κ1) is 16.3. The number of ether oxygens (including phenoxy) is 1. The van der Waals surface area contributed by atoms with Crippen molar-refractivity contribution in [1.82, 2.24) is 14.9 Å². The first-order valence-electron chi connectivity index (χ1n) is 7.38. The van der Waals surface area contributed by atoms with Crippen molar-refractivity contribution in [2.24, 2.45) is 12.8 Å². The van der Waals surface area contributed by atoms with Gasteiger partial charge in [0.2, 0.25) is 0 Å². The zero-order chi connectivity index (χ0) is 16.3. The molecule has 3 N–H and O–H groups in total. The van der Waals surface area contributed by atoms with Crippen LogP contribution < -0.4 is 11.1 Å². The number of carbonyl (C=O) groups is 1. The molecule has 0 saturated heterocycles. The number of hydrogen-bond donors (Lipinski definition) is 2. The summed E-state index contributed by atoms with van der Waals surface area (Å²) in [7, 11) is 1.96. The molecule has 0 saturated carbocycles. The summed E-state index contributed by atoms with van der Waals surface area (Å²) in [5, 5.41) is 2.81. The third-order valence-corrected chi connectivity index (χ3v) is 3.28. The number of nitrogens with one attached hydrogen (secondary N) is 1. The van der Waals surface area contributed by atoms with Gasteiger partial charge in [-0.25, -0.2) is 9.78 Å². The van der Waals surface area contributed by atoms with E-state index >= 15 is 0 Å². The highest BCUT2D eigenvalue weighted by Gasteiger charge is 2.19. The van der Waals surface area contributed by atoms with Gasteiger partial charge in [0.25, 0.3) is 0 Å². The van der Waals surface area contributed by atoms with E-state index in [1.807, 2.05) is 50.6 Å². The van der Waals surface area contributed by atoms with Crippen molar-refractivity contribution in [2.75, 3.05) is 6.54 Å². The van der Waals surface area contributed by atoms with E-state index in [2.05, 4.69) is 10.3 Å². The van der Waals surface area contributed by atoms with Crippen molar-refractivity contribution in [3.8, 4) is 0 Å². The molecule has 0 spiro atoms. The van der Waals surface area contributed by atoms with Crippen molar-refractivity contribution < 1.29 is 9.53 Å². The number of nitrogens with zero attached hydrogens (tertiary/aromatic N) is 2. The van der Waals surface area contributed by atoms with E-state index in [0.29, 0.717) is 13.0 Å². The Morgan fingerprint density at radius 2 is 2.18 bits per heavy atom. The molecule has 1 amide bonds. The maximum absolute atomic E-state index is 11.8. The summed E-state index contributed by atoms with van der Waals surface area (Å²) in [5.74, 6) is 0. The SMILES string of the molecule is Cn1cnc2cc(CC(CN)NC(=O)OC(C)(C)C)ccc21. The van der Waals surface area contributed by atoms with E-state index in [4.69, 9.17) is 10.5 Å². The lowest BCUT2D eigenvalue weighted by Gasteiger charge is -2.23. The van der Waals surface area contributed by atoms with Crippen molar-refractivity contribution in [3.05, 3.63) is 30.1 Å². The number of aryl methyl sites for hydroxylation is 1. The third-order valence-electron chi connectivity index (χ3n) is 3.28. The van der Waals surface area contributed by atoms with Crippen LogP contribution in [0.4, 0.5) is 4.79 Å². The summed E-state index contributed by atoms with van der Waals surface area (Å²) in [4.78, 5) is 16.2. The van der Waals surface area contributed by atoms with Crippen LogP contribution in [0.5, 0.6) is 0 Å². The van der Waals surface area contributed by atoms with Gasteiger partial charge in [-0.15, -0.1) is 0 Å². The van der Waals surface area contributed by atoms with Crippen molar-refractivity contribution in [1.29, 1.82) is 0 Å². The van der Waals surface area contributed by atoms with Gasteiger partial charge < -0.3 is 20.4 Å². The van der Waals surface area contributed by atoms with Crippen molar-refractivity contribution in [2.45, 2.75) is 38.8 Å². The molecule has 0 aliphatic carbocycles. The smallest absolute Gasteiger partial charge is 0.407 e. The summed E-state index contributed by atoms with van der Waals surface area (Å²) in [5.41, 5.74) is 8.34. The maximum Gasteiger partial charge on any atom is 0.407 e. The molecule has 6 nitrogen and oxygen atoms in total. The molecule has 0 aliphatic rings. The minimum atomic E-state index is -0.518. The Kier molecular flexibility index (Phi) is 4.71. The normalized spacial score (nSPS) is 13.1. The molecule has 0 bridgehead atoms. The Morgan fingerprint density at radius 1 is 1.45 bits per heavy atom. The monoisotopic (exact) mass is 304 g/mol. The molecule has 2 rings (SSSR count). The minimum absolute atomic E-state index is 0.170. The van der Waals surface area contributed by atoms with Crippen LogP contribution in [0.25, 0.3) is 11.0 Å². The standard InChI is InChI=1S/C16H24N4O2/c1-16(2,3)22-15(21)19-12(9-17)7-11-5-6-14-13(8-11)18-10-20(14)4/h5-6,8,10,12H,7,9,17H2,1-4H3,(H,19,21). The fourth-order valence-electron chi connectivity index (χ4n) is 2.26. The topological polar surface area (TPSA) is 82.2 Å². The number of hydrogen-bond acceptors (Lipinski definition) is 4. The Balaban J connectivity index is 2.03. The van der Waals surface area contributed by atoms with E-state index in [1.165, 1.54) is 0 Å². The molecule has 1 aromatic heterocycles. The van der Waals surface area contributed by atoms with Gasteiger partial charge in [0.05, 0.1) is 17.4 Å². The first-order chi connectivity index (χ1) is 10.3. The van der Waals surface area contributed by atoms with Crippen LogP contribution in [0.1, 0.15) is 26.3 Å². The predicted octanol–water partition coefficient (Wildman–Crippen LogP) is 1.97. The van der Waals surface area contributed by atoms with E-state index in [9.17, 15) is 4.79 Å². The lowest BCUT2D eigenvalue weighted by atomic mass is 10.1. The molecule has 6 heteroatoms. The number of imidazole rings is 1. The average Bonchev–Trinajstić information content (AvgIpc) is 2.77. The average molecular weight is 304 g/mol. The van der Waals surface area contributed by atoms with E-state index in [0.717, 1.165) is 16.6 Å². The molecule has 1 aromatic carbocycles. The Hall–Kier alpha value is -2.08. The number of fused-ring (bicyclic) bond motifs is 1. The van der Waals surface area contributed by atoms with Crippen molar-refractivity contribution in [3.63, 3.8) is 0 Å². The highest BCUT2D eigenvalue weighted by Crippen LogP contribution is 2.15. The van der Waals surface area contributed by atoms with Crippen LogP contribution in [0.3, 0.4) is 0 Å². The maximum atomic E-state index is 11.8. The number of nitrogens with two attached hydrogens (primary N) is 1. The molecule has 0 aliphatic heterocycles. The van der Waals surface area contributed by atoms with Gasteiger partial charge in [0.15, 0.2) is 0 Å². The molecule has 1 unspecified atom stereocenters. The molecule has 1 atom stereocenters. The van der Waals surface area contributed by atoms with E-state index in [1.54, 1.807) is 6.33 Å². The Morgan fingerprint density at radius 3 is 2.82 bits per heavy atom. The van der Waals surface area contributed by atoms with Crippen LogP contribution in [-0.2, 0) is 18.2 Å². The quantitative estimate of drug-likeness (QED) is 0.904. The largest absolute Gasteiger partial charge is 0.444 e. The summed E-state index contributed by atoms with van der Waals surface area (Å²) in [6.07, 6.45) is 1.98. The Bertz CT molecular complexity index is 658. The summed E-state index contributed by atoms with van der Waals surface area (Å²) in [6.45, 7) is 5.84. The van der Waals surface area contributed by atoms with Gasteiger partial charge in [0, 0.05) is 19.6 Å². The fourth-order valence-corrected chi connectivity index (χ4v) is 2.26. The van der Waals surface area contributed by atoms with Gasteiger partial charge in [-0.3, -0.25) is 0 Å². The van der Waals surface area contributed by atoms with Crippen LogP contribution in [0.15, 0.2) is 24.5 Å². The second-order valence-electron chi connectivity index (χ2n) is 6.46. The van der Waals surface area contributed by atoms with Gasteiger partial charge in [-0.1, -0.05) is 6.07 Å². The number of carbonyl (C=O) groups excluding carboxylic acids is 1. The second-order valence-corrected chi connectivity index (χ2v) is 6.46. The number of aromatic nitrogens is 2. The van der Waals surface area contributed by atoms with Gasteiger partial charge in [0.1, 0.15) is 5.60 Å². The molecular weight excluding hydrogens is 280 g/mol. The Labute approximate surface area is 130 Å². The van der Waals surface area contributed by atoms with E-state index in [-0.39, 0.29) is 6.04 Å². The third kappa shape index (κ3) is 4.21. The summed E-state index contributed by atoms with van der Waals surface area (Å²) < 4.78 is 7.23. The fraction of sp³-hybridized carbons (Fsp3) is 0.500. The van der Waals surface area contributed by atoms with Crippen LogP contribution in [0.2, 0.25) is 0 Å². The molecule has 1 heterocycles. The number of alkyl carbamates (subject to hydrolysis) is 1. The van der Waals surface area contributed by atoms with Crippen LogP contribution in [-0.4, -0.2) is 33.8 Å². The van der Waals surface area contributed by atoms with Gasteiger partial charge >= 0.3 is 6.09 Å². The summed E-state index contributed by atoms with van der Waals surface area (Å²) in [6, 6.07) is 5.91. The first-order valence-corrected chi connectivity index (χ1v) is 7.38. The summed E-state index contributed by atoms with van der Waals surface area (Å²) >= 11 is 0. The zero-order valence-corrected chi connectivity index (χ0v) is 13.6.